The zero-order valence-electron chi connectivity index (χ0n) is 15.6. The van der Waals surface area contributed by atoms with Crippen LogP contribution in [-0.4, -0.2) is 17.1 Å². The molecule has 0 atom stereocenters. The third-order valence-electron chi connectivity index (χ3n) is 4.52. The number of ether oxygens (including phenoxy) is 1. The molecule has 1 N–H and O–H groups in total. The molecule has 4 rings (SSSR count). The Morgan fingerprint density at radius 1 is 0.964 bits per heavy atom. The van der Waals surface area contributed by atoms with Gasteiger partial charge >= 0.3 is 0 Å². The lowest BCUT2D eigenvalue weighted by Gasteiger charge is -2.12. The molecule has 0 aliphatic heterocycles. The number of rotatable bonds is 4. The molecule has 0 radical (unpaired) electrons. The number of nitrogens with zero attached hydrogens (tertiary/aromatic N) is 3. The summed E-state index contributed by atoms with van der Waals surface area (Å²) in [5, 5.41) is 13.4. The number of nitriles is 1. The SMILES string of the molecule is COc1ccc2nc(C)cc(Nc3ccc(-c4ccc(C#N)nc4)cc3)c2c1. The van der Waals surface area contributed by atoms with E-state index in [0.717, 1.165) is 44.8 Å². The van der Waals surface area contributed by atoms with Gasteiger partial charge in [0.05, 0.1) is 12.6 Å². The van der Waals surface area contributed by atoms with E-state index in [1.807, 2.05) is 67.6 Å². The Labute approximate surface area is 163 Å². The van der Waals surface area contributed by atoms with Gasteiger partial charge in [0, 0.05) is 34.2 Å². The van der Waals surface area contributed by atoms with E-state index in [4.69, 9.17) is 10.00 Å². The molecule has 2 heterocycles. The van der Waals surface area contributed by atoms with Crippen molar-refractivity contribution in [3.8, 4) is 22.9 Å². The van der Waals surface area contributed by atoms with Crippen LogP contribution >= 0.6 is 0 Å². The second-order valence-corrected chi connectivity index (χ2v) is 6.44. The number of aryl methyl sites for hydroxylation is 1. The smallest absolute Gasteiger partial charge is 0.140 e. The highest BCUT2D eigenvalue weighted by molar-refractivity contribution is 5.94. The van der Waals surface area contributed by atoms with Crippen LogP contribution in [0.3, 0.4) is 0 Å². The summed E-state index contributed by atoms with van der Waals surface area (Å²) in [6.07, 6.45) is 1.72. The maximum absolute atomic E-state index is 8.87. The molecule has 0 saturated carbocycles. The van der Waals surface area contributed by atoms with Gasteiger partial charge in [0.1, 0.15) is 17.5 Å². The molecule has 0 aliphatic carbocycles. The second kappa shape index (κ2) is 7.37. The molecule has 0 fully saturated rings. The highest BCUT2D eigenvalue weighted by Crippen LogP contribution is 2.30. The molecular formula is C23H18N4O. The minimum absolute atomic E-state index is 0.414. The Morgan fingerprint density at radius 3 is 2.43 bits per heavy atom. The van der Waals surface area contributed by atoms with E-state index in [2.05, 4.69) is 15.3 Å². The molecule has 0 amide bonds. The minimum atomic E-state index is 0.414. The van der Waals surface area contributed by atoms with Crippen molar-refractivity contribution < 1.29 is 4.74 Å². The number of fused-ring (bicyclic) bond motifs is 1. The van der Waals surface area contributed by atoms with Gasteiger partial charge in [-0.1, -0.05) is 12.1 Å². The van der Waals surface area contributed by atoms with Gasteiger partial charge in [-0.15, -0.1) is 0 Å². The lowest BCUT2D eigenvalue weighted by atomic mass is 10.1. The van der Waals surface area contributed by atoms with Crippen molar-refractivity contribution in [2.75, 3.05) is 12.4 Å². The van der Waals surface area contributed by atoms with Crippen molar-refractivity contribution in [3.05, 3.63) is 78.2 Å². The standard InChI is InChI=1S/C23H18N4O/c1-15-11-23(21-12-20(28-2)9-10-22(21)26-15)27-18-6-3-16(4-7-18)17-5-8-19(13-24)25-14-17/h3-12,14H,1-2H3,(H,26,27). The monoisotopic (exact) mass is 366 g/mol. The number of benzene rings is 2. The molecule has 0 unspecified atom stereocenters. The minimum Gasteiger partial charge on any atom is -0.497 e. The lowest BCUT2D eigenvalue weighted by Crippen LogP contribution is -1.95. The summed E-state index contributed by atoms with van der Waals surface area (Å²) in [6, 6.07) is 21.7. The Bertz CT molecular complexity index is 1180. The fourth-order valence-corrected chi connectivity index (χ4v) is 3.10. The largest absolute Gasteiger partial charge is 0.497 e. The van der Waals surface area contributed by atoms with Gasteiger partial charge < -0.3 is 10.1 Å². The topological polar surface area (TPSA) is 70.8 Å². The normalized spacial score (nSPS) is 10.5. The molecule has 2 aromatic carbocycles. The van der Waals surface area contributed by atoms with Crippen LogP contribution in [0, 0.1) is 18.3 Å². The van der Waals surface area contributed by atoms with Gasteiger partial charge in [-0.2, -0.15) is 5.26 Å². The molecule has 0 bridgehead atoms. The van der Waals surface area contributed by atoms with Crippen LogP contribution in [0.25, 0.3) is 22.0 Å². The molecule has 0 saturated heterocycles. The molecular weight excluding hydrogens is 348 g/mol. The summed E-state index contributed by atoms with van der Waals surface area (Å²) in [7, 11) is 1.66. The van der Waals surface area contributed by atoms with E-state index in [1.165, 1.54) is 0 Å². The molecule has 4 aromatic rings. The second-order valence-electron chi connectivity index (χ2n) is 6.44. The number of pyridine rings is 2. The van der Waals surface area contributed by atoms with Crippen molar-refractivity contribution in [3.63, 3.8) is 0 Å². The first-order chi connectivity index (χ1) is 13.7. The van der Waals surface area contributed by atoms with Crippen LogP contribution < -0.4 is 10.1 Å². The van der Waals surface area contributed by atoms with Gasteiger partial charge in [0.2, 0.25) is 0 Å². The molecule has 28 heavy (non-hydrogen) atoms. The summed E-state index contributed by atoms with van der Waals surface area (Å²) in [5.41, 5.74) is 6.25. The van der Waals surface area contributed by atoms with Gasteiger partial charge in [0.15, 0.2) is 0 Å². The number of methoxy groups -OCH3 is 1. The number of aromatic nitrogens is 2. The van der Waals surface area contributed by atoms with Gasteiger partial charge in [-0.3, -0.25) is 4.98 Å². The highest BCUT2D eigenvalue weighted by atomic mass is 16.5. The Hall–Kier alpha value is -3.91. The average Bonchev–Trinajstić information content (AvgIpc) is 2.74. The fourth-order valence-electron chi connectivity index (χ4n) is 3.10. The van der Waals surface area contributed by atoms with Gasteiger partial charge in [-0.05, 0) is 61.0 Å². The third kappa shape index (κ3) is 3.49. The fraction of sp³-hybridized carbons (Fsp3) is 0.0870. The molecule has 0 aliphatic rings. The number of hydrogen-bond acceptors (Lipinski definition) is 5. The van der Waals surface area contributed by atoms with Crippen molar-refractivity contribution in [2.45, 2.75) is 6.92 Å². The van der Waals surface area contributed by atoms with Gasteiger partial charge in [0.25, 0.3) is 0 Å². The van der Waals surface area contributed by atoms with Crippen molar-refractivity contribution in [1.82, 2.24) is 9.97 Å². The maximum Gasteiger partial charge on any atom is 0.140 e. The molecule has 2 aromatic heterocycles. The van der Waals surface area contributed by atoms with Crippen molar-refractivity contribution >= 4 is 22.3 Å². The quantitative estimate of drug-likeness (QED) is 0.535. The van der Waals surface area contributed by atoms with Gasteiger partial charge in [-0.25, -0.2) is 4.98 Å². The Morgan fingerprint density at radius 2 is 1.75 bits per heavy atom. The first kappa shape index (κ1) is 17.5. The van der Waals surface area contributed by atoms with Crippen LogP contribution in [0.5, 0.6) is 5.75 Å². The van der Waals surface area contributed by atoms with Crippen molar-refractivity contribution in [2.24, 2.45) is 0 Å². The van der Waals surface area contributed by atoms with E-state index in [-0.39, 0.29) is 0 Å². The predicted molar refractivity (Wildman–Crippen MR) is 111 cm³/mol. The van der Waals surface area contributed by atoms with E-state index in [1.54, 1.807) is 19.4 Å². The number of hydrogen-bond donors (Lipinski definition) is 1. The van der Waals surface area contributed by atoms with Crippen LogP contribution in [0.1, 0.15) is 11.4 Å². The van der Waals surface area contributed by atoms with Crippen LogP contribution in [0.2, 0.25) is 0 Å². The third-order valence-corrected chi connectivity index (χ3v) is 4.52. The zero-order chi connectivity index (χ0) is 19.5. The zero-order valence-corrected chi connectivity index (χ0v) is 15.6. The average molecular weight is 366 g/mol. The van der Waals surface area contributed by atoms with Crippen LogP contribution in [0.15, 0.2) is 66.9 Å². The first-order valence-corrected chi connectivity index (χ1v) is 8.85. The Kier molecular flexibility index (Phi) is 4.61. The Balaban J connectivity index is 1.65. The maximum atomic E-state index is 8.87. The summed E-state index contributed by atoms with van der Waals surface area (Å²) >= 11 is 0. The summed E-state index contributed by atoms with van der Waals surface area (Å²) in [4.78, 5) is 8.72. The number of nitrogens with one attached hydrogen (secondary N) is 1. The van der Waals surface area contributed by atoms with E-state index < -0.39 is 0 Å². The van der Waals surface area contributed by atoms with E-state index in [9.17, 15) is 0 Å². The summed E-state index contributed by atoms with van der Waals surface area (Å²) < 4.78 is 5.36. The lowest BCUT2D eigenvalue weighted by molar-refractivity contribution is 0.415. The molecule has 5 nitrogen and oxygen atoms in total. The molecule has 136 valence electrons. The summed E-state index contributed by atoms with van der Waals surface area (Å²) in [5.74, 6) is 0.796. The van der Waals surface area contributed by atoms with E-state index >= 15 is 0 Å². The molecule has 5 heteroatoms. The summed E-state index contributed by atoms with van der Waals surface area (Å²) in [6.45, 7) is 1.98. The highest BCUT2D eigenvalue weighted by Gasteiger charge is 2.07. The van der Waals surface area contributed by atoms with E-state index in [0.29, 0.717) is 5.69 Å². The number of anilines is 2. The van der Waals surface area contributed by atoms with Crippen LogP contribution in [-0.2, 0) is 0 Å². The van der Waals surface area contributed by atoms with Crippen molar-refractivity contribution in [1.29, 1.82) is 5.26 Å². The first-order valence-electron chi connectivity index (χ1n) is 8.85. The molecule has 0 spiro atoms. The predicted octanol–water partition coefficient (Wildman–Crippen LogP) is 5.23. The van der Waals surface area contributed by atoms with Crippen LogP contribution in [0.4, 0.5) is 11.4 Å².